The van der Waals surface area contributed by atoms with Gasteiger partial charge in [0.05, 0.1) is 17.4 Å². The highest BCUT2D eigenvalue weighted by molar-refractivity contribution is 8.00. The van der Waals surface area contributed by atoms with Gasteiger partial charge in [-0.05, 0) is 74.0 Å². The normalized spacial score (nSPS) is 11.6. The highest BCUT2D eigenvalue weighted by Gasteiger charge is 2.15. The first kappa shape index (κ1) is 24.8. The van der Waals surface area contributed by atoms with Crippen LogP contribution in [-0.2, 0) is 14.3 Å². The second-order valence-corrected chi connectivity index (χ2v) is 8.72. The maximum atomic E-state index is 12.6. The van der Waals surface area contributed by atoms with E-state index in [4.69, 9.17) is 4.74 Å². The predicted octanol–water partition coefficient (Wildman–Crippen LogP) is 5.63. The van der Waals surface area contributed by atoms with Crippen LogP contribution in [0.25, 0.3) is 6.08 Å². The molecule has 174 valence electrons. The number of nitrogens with one attached hydrogen (secondary N) is 2. The third kappa shape index (κ3) is 7.64. The fourth-order valence-electron chi connectivity index (χ4n) is 2.94. The van der Waals surface area contributed by atoms with E-state index in [0.717, 1.165) is 10.5 Å². The lowest BCUT2D eigenvalue weighted by Gasteiger charge is -2.13. The zero-order valence-corrected chi connectivity index (χ0v) is 19.8. The van der Waals surface area contributed by atoms with E-state index >= 15 is 0 Å². The molecule has 0 spiro atoms. The van der Waals surface area contributed by atoms with Gasteiger partial charge in [0.15, 0.2) is 0 Å². The molecular formula is C27H26N2O4S. The Morgan fingerprint density at radius 2 is 1.50 bits per heavy atom. The lowest BCUT2D eigenvalue weighted by Crippen LogP contribution is -2.22. The van der Waals surface area contributed by atoms with Crippen LogP contribution in [0, 0.1) is 0 Å². The number of anilines is 2. The first-order valence-corrected chi connectivity index (χ1v) is 11.7. The van der Waals surface area contributed by atoms with Crippen molar-refractivity contribution in [3.05, 3.63) is 96.1 Å². The van der Waals surface area contributed by atoms with Crippen molar-refractivity contribution in [1.29, 1.82) is 0 Å². The van der Waals surface area contributed by atoms with Gasteiger partial charge in [0.1, 0.15) is 0 Å². The molecule has 7 heteroatoms. The Kier molecular flexibility index (Phi) is 9.05. The quantitative estimate of drug-likeness (QED) is 0.238. The molecule has 3 aromatic carbocycles. The van der Waals surface area contributed by atoms with Crippen LogP contribution in [0.15, 0.2) is 89.8 Å². The van der Waals surface area contributed by atoms with Crippen molar-refractivity contribution in [2.45, 2.75) is 24.0 Å². The fourth-order valence-corrected chi connectivity index (χ4v) is 3.81. The third-order valence-electron chi connectivity index (χ3n) is 4.69. The monoisotopic (exact) mass is 474 g/mol. The predicted molar refractivity (Wildman–Crippen MR) is 137 cm³/mol. The number of ether oxygens (including phenoxy) is 1. The molecule has 0 saturated heterocycles. The summed E-state index contributed by atoms with van der Waals surface area (Å²) < 4.78 is 4.96. The molecule has 0 bridgehead atoms. The zero-order valence-electron chi connectivity index (χ0n) is 19.0. The van der Waals surface area contributed by atoms with E-state index in [9.17, 15) is 14.4 Å². The lowest BCUT2D eigenvalue weighted by molar-refractivity contribution is -0.115. The fraction of sp³-hybridized carbons (Fsp3) is 0.148. The number of thioether (sulfide) groups is 1. The van der Waals surface area contributed by atoms with E-state index in [1.54, 1.807) is 49.4 Å². The number of benzene rings is 3. The number of esters is 1. The molecule has 1 unspecified atom stereocenters. The van der Waals surface area contributed by atoms with E-state index in [-0.39, 0.29) is 17.1 Å². The summed E-state index contributed by atoms with van der Waals surface area (Å²) in [5.74, 6) is -0.764. The molecule has 1 atom stereocenters. The van der Waals surface area contributed by atoms with Gasteiger partial charge < -0.3 is 15.4 Å². The number of carbonyl (C=O) groups is 3. The Balaban J connectivity index is 1.49. The van der Waals surface area contributed by atoms with Gasteiger partial charge in [-0.25, -0.2) is 4.79 Å². The SMILES string of the molecule is CCOC(=O)c1ccc(NC(=O)C(C)Sc2ccc(NC(=O)/C=C/c3ccccc3)cc2)cc1. The summed E-state index contributed by atoms with van der Waals surface area (Å²) in [6.45, 7) is 3.88. The van der Waals surface area contributed by atoms with Crippen molar-refractivity contribution in [1.82, 2.24) is 0 Å². The molecule has 0 fully saturated rings. The lowest BCUT2D eigenvalue weighted by atomic mass is 10.2. The van der Waals surface area contributed by atoms with Crippen LogP contribution in [0.4, 0.5) is 11.4 Å². The average Bonchev–Trinajstić information content (AvgIpc) is 2.85. The van der Waals surface area contributed by atoms with Crippen molar-refractivity contribution < 1.29 is 19.1 Å². The molecule has 0 heterocycles. The van der Waals surface area contributed by atoms with Crippen molar-refractivity contribution in [2.75, 3.05) is 17.2 Å². The molecule has 2 N–H and O–H groups in total. The van der Waals surface area contributed by atoms with Crippen LogP contribution in [-0.4, -0.2) is 29.6 Å². The summed E-state index contributed by atoms with van der Waals surface area (Å²) in [4.78, 5) is 37.3. The molecule has 0 radical (unpaired) electrons. The Hall–Kier alpha value is -3.84. The van der Waals surface area contributed by atoms with Gasteiger partial charge in [-0.3, -0.25) is 9.59 Å². The van der Waals surface area contributed by atoms with Gasteiger partial charge >= 0.3 is 5.97 Å². The van der Waals surface area contributed by atoms with Gasteiger partial charge in [-0.1, -0.05) is 30.3 Å². The second kappa shape index (κ2) is 12.4. The maximum absolute atomic E-state index is 12.6. The molecule has 3 rings (SSSR count). The largest absolute Gasteiger partial charge is 0.462 e. The van der Waals surface area contributed by atoms with Gasteiger partial charge in [-0.15, -0.1) is 11.8 Å². The van der Waals surface area contributed by atoms with Crippen LogP contribution in [0.5, 0.6) is 0 Å². The summed E-state index contributed by atoms with van der Waals surface area (Å²) >= 11 is 1.41. The van der Waals surface area contributed by atoms with Crippen molar-refractivity contribution in [3.63, 3.8) is 0 Å². The van der Waals surface area contributed by atoms with Crippen molar-refractivity contribution in [3.8, 4) is 0 Å². The first-order valence-electron chi connectivity index (χ1n) is 10.8. The number of hydrogen-bond donors (Lipinski definition) is 2. The summed E-state index contributed by atoms with van der Waals surface area (Å²) in [6, 6.07) is 23.5. The van der Waals surface area contributed by atoms with E-state index < -0.39 is 5.97 Å². The Bertz CT molecular complexity index is 1140. The molecule has 0 aliphatic carbocycles. The number of hydrogen-bond acceptors (Lipinski definition) is 5. The zero-order chi connectivity index (χ0) is 24.3. The van der Waals surface area contributed by atoms with Gasteiger partial charge in [0, 0.05) is 22.3 Å². The molecule has 0 saturated carbocycles. The number of amides is 2. The van der Waals surface area contributed by atoms with E-state index in [1.165, 1.54) is 17.8 Å². The maximum Gasteiger partial charge on any atom is 0.338 e. The second-order valence-electron chi connectivity index (χ2n) is 7.30. The third-order valence-corrected chi connectivity index (χ3v) is 5.81. The Labute approximate surface area is 203 Å². The molecule has 3 aromatic rings. The Morgan fingerprint density at radius 3 is 2.15 bits per heavy atom. The smallest absolute Gasteiger partial charge is 0.338 e. The average molecular weight is 475 g/mol. The van der Waals surface area contributed by atoms with Gasteiger partial charge in [-0.2, -0.15) is 0 Å². The molecule has 6 nitrogen and oxygen atoms in total. The molecular weight excluding hydrogens is 448 g/mol. The number of carbonyl (C=O) groups excluding carboxylic acids is 3. The molecule has 0 aliphatic rings. The molecule has 0 aromatic heterocycles. The van der Waals surface area contributed by atoms with E-state index in [0.29, 0.717) is 23.5 Å². The highest BCUT2D eigenvalue weighted by Crippen LogP contribution is 2.26. The van der Waals surface area contributed by atoms with Crippen LogP contribution in [0.1, 0.15) is 29.8 Å². The molecule has 34 heavy (non-hydrogen) atoms. The summed E-state index contributed by atoms with van der Waals surface area (Å²) in [5, 5.41) is 5.32. The summed E-state index contributed by atoms with van der Waals surface area (Å²) in [7, 11) is 0. The van der Waals surface area contributed by atoms with Crippen LogP contribution >= 0.6 is 11.8 Å². The van der Waals surface area contributed by atoms with Crippen LogP contribution in [0.2, 0.25) is 0 Å². The van der Waals surface area contributed by atoms with Crippen LogP contribution in [0.3, 0.4) is 0 Å². The number of rotatable bonds is 9. The van der Waals surface area contributed by atoms with E-state index in [1.807, 2.05) is 49.4 Å². The summed E-state index contributed by atoms with van der Waals surface area (Å²) in [6.07, 6.45) is 3.24. The topological polar surface area (TPSA) is 84.5 Å². The standard InChI is InChI=1S/C27H26N2O4S/c1-3-33-27(32)21-10-12-23(13-11-21)29-26(31)19(2)34-24-16-14-22(15-17-24)28-25(30)18-9-20-7-5-4-6-8-20/h4-19H,3H2,1-2H3,(H,28,30)(H,29,31)/b18-9+. The minimum Gasteiger partial charge on any atom is -0.462 e. The molecule has 2 amide bonds. The molecule has 0 aliphatic heterocycles. The van der Waals surface area contributed by atoms with Crippen LogP contribution < -0.4 is 10.6 Å². The summed E-state index contributed by atoms with van der Waals surface area (Å²) in [5.41, 5.74) is 2.66. The first-order chi connectivity index (χ1) is 16.4. The minimum atomic E-state index is -0.392. The highest BCUT2D eigenvalue weighted by atomic mass is 32.2. The van der Waals surface area contributed by atoms with Gasteiger partial charge in [0.2, 0.25) is 11.8 Å². The van der Waals surface area contributed by atoms with Crippen molar-refractivity contribution in [2.24, 2.45) is 0 Å². The minimum absolute atomic E-state index is 0.155. The van der Waals surface area contributed by atoms with E-state index in [2.05, 4.69) is 10.6 Å². The van der Waals surface area contributed by atoms with Crippen molar-refractivity contribution >= 4 is 47.0 Å². The van der Waals surface area contributed by atoms with Gasteiger partial charge in [0.25, 0.3) is 0 Å². The Morgan fingerprint density at radius 1 is 0.882 bits per heavy atom.